The van der Waals surface area contributed by atoms with Crippen molar-refractivity contribution in [2.24, 2.45) is 0 Å². The monoisotopic (exact) mass is 305 g/mol. The molecule has 0 aromatic heterocycles. The Morgan fingerprint density at radius 3 is 2.20 bits per heavy atom. The highest BCUT2D eigenvalue weighted by Crippen LogP contribution is 2.35. The van der Waals surface area contributed by atoms with Gasteiger partial charge in [0.1, 0.15) is 10.7 Å². The molecule has 0 saturated carbocycles. The summed E-state index contributed by atoms with van der Waals surface area (Å²) in [6, 6.07) is 2.04. The number of hydrogen-bond acceptors (Lipinski definition) is 5. The maximum atomic E-state index is 14.0. The first-order chi connectivity index (χ1) is 9.21. The number of nitrogens with zero attached hydrogens (tertiary/aromatic N) is 1. The van der Waals surface area contributed by atoms with Crippen LogP contribution in [-0.2, 0) is 10.0 Å². The van der Waals surface area contributed by atoms with E-state index >= 15 is 0 Å². The zero-order valence-corrected chi connectivity index (χ0v) is 12.2. The van der Waals surface area contributed by atoms with Gasteiger partial charge in [0.2, 0.25) is 10.0 Å². The van der Waals surface area contributed by atoms with Gasteiger partial charge < -0.3 is 14.6 Å². The third-order valence-electron chi connectivity index (χ3n) is 3.09. The molecule has 1 heterocycles. The van der Waals surface area contributed by atoms with Crippen molar-refractivity contribution >= 4 is 10.0 Å². The fourth-order valence-corrected chi connectivity index (χ4v) is 3.79. The lowest BCUT2D eigenvalue weighted by Crippen LogP contribution is -2.61. The standard InChI is InChI=1S/C12H16FNO5S/c1-12(15)6-14(7-12)20(16,17)11-5-10(19-3)9(18-2)4-8(11)13/h4-5,15H,6-7H2,1-3H3. The lowest BCUT2D eigenvalue weighted by Gasteiger charge is -2.42. The Morgan fingerprint density at radius 1 is 1.25 bits per heavy atom. The van der Waals surface area contributed by atoms with Gasteiger partial charge in [-0.15, -0.1) is 0 Å². The number of rotatable bonds is 4. The van der Waals surface area contributed by atoms with Crippen LogP contribution in [0, 0.1) is 5.82 Å². The minimum absolute atomic E-state index is 0.0664. The van der Waals surface area contributed by atoms with Gasteiger partial charge in [0.05, 0.1) is 19.8 Å². The van der Waals surface area contributed by atoms with Crippen molar-refractivity contribution < 1.29 is 27.4 Å². The van der Waals surface area contributed by atoms with Gasteiger partial charge in [-0.1, -0.05) is 0 Å². The molecule has 20 heavy (non-hydrogen) atoms. The smallest absolute Gasteiger partial charge is 0.246 e. The molecule has 112 valence electrons. The van der Waals surface area contributed by atoms with E-state index in [0.29, 0.717) is 0 Å². The molecule has 1 N–H and O–H groups in total. The normalized spacial score (nSPS) is 18.4. The summed E-state index contributed by atoms with van der Waals surface area (Å²) in [6.45, 7) is 1.39. The summed E-state index contributed by atoms with van der Waals surface area (Å²) in [7, 11) is -1.33. The summed E-state index contributed by atoms with van der Waals surface area (Å²) >= 11 is 0. The average Bonchev–Trinajstić information content (AvgIpc) is 2.35. The maximum absolute atomic E-state index is 14.0. The Morgan fingerprint density at radius 2 is 1.75 bits per heavy atom. The van der Waals surface area contributed by atoms with Crippen molar-refractivity contribution in [3.63, 3.8) is 0 Å². The predicted octanol–water partition coefficient (Wildman–Crippen LogP) is 0.598. The molecule has 1 aliphatic heterocycles. The molecule has 1 aliphatic rings. The van der Waals surface area contributed by atoms with Crippen LogP contribution in [0.25, 0.3) is 0 Å². The van der Waals surface area contributed by atoms with Gasteiger partial charge in [-0.05, 0) is 6.92 Å². The minimum Gasteiger partial charge on any atom is -0.493 e. The van der Waals surface area contributed by atoms with Crippen LogP contribution in [0.5, 0.6) is 11.5 Å². The van der Waals surface area contributed by atoms with Crippen LogP contribution in [0.1, 0.15) is 6.92 Å². The number of sulfonamides is 1. The van der Waals surface area contributed by atoms with E-state index in [0.717, 1.165) is 16.4 Å². The molecular formula is C12H16FNO5S. The van der Waals surface area contributed by atoms with Crippen molar-refractivity contribution in [1.82, 2.24) is 4.31 Å². The highest BCUT2D eigenvalue weighted by atomic mass is 32.2. The second-order valence-corrected chi connectivity index (χ2v) is 6.81. The van der Waals surface area contributed by atoms with Gasteiger partial charge in [-0.2, -0.15) is 4.31 Å². The molecule has 1 fully saturated rings. The molecule has 0 unspecified atom stereocenters. The first-order valence-corrected chi connectivity index (χ1v) is 7.29. The van der Waals surface area contributed by atoms with Gasteiger partial charge >= 0.3 is 0 Å². The molecule has 0 aliphatic carbocycles. The number of aliphatic hydroxyl groups is 1. The average molecular weight is 305 g/mol. The Hall–Kier alpha value is -1.38. The van der Waals surface area contributed by atoms with E-state index in [-0.39, 0.29) is 24.6 Å². The summed E-state index contributed by atoms with van der Waals surface area (Å²) in [5.41, 5.74) is -1.07. The van der Waals surface area contributed by atoms with E-state index in [9.17, 15) is 17.9 Å². The number of benzene rings is 1. The highest BCUT2D eigenvalue weighted by molar-refractivity contribution is 7.89. The van der Waals surface area contributed by atoms with E-state index in [1.807, 2.05) is 0 Å². The zero-order chi connectivity index (χ0) is 15.1. The van der Waals surface area contributed by atoms with Gasteiger partial charge in [0.25, 0.3) is 0 Å². The van der Waals surface area contributed by atoms with Crippen LogP contribution in [0.2, 0.25) is 0 Å². The largest absolute Gasteiger partial charge is 0.493 e. The summed E-state index contributed by atoms with van der Waals surface area (Å²) in [5.74, 6) is -0.687. The third-order valence-corrected chi connectivity index (χ3v) is 4.90. The van der Waals surface area contributed by atoms with Crippen molar-refractivity contribution in [1.29, 1.82) is 0 Å². The van der Waals surface area contributed by atoms with Crippen molar-refractivity contribution in [2.75, 3.05) is 27.3 Å². The molecule has 0 atom stereocenters. The Kier molecular flexibility index (Phi) is 3.66. The maximum Gasteiger partial charge on any atom is 0.246 e. The fraction of sp³-hybridized carbons (Fsp3) is 0.500. The molecule has 1 aromatic rings. The second kappa shape index (κ2) is 4.87. The van der Waals surface area contributed by atoms with Crippen LogP contribution < -0.4 is 9.47 Å². The molecular weight excluding hydrogens is 289 g/mol. The Bertz CT molecular complexity index is 621. The van der Waals surface area contributed by atoms with Crippen LogP contribution in [-0.4, -0.2) is 50.7 Å². The van der Waals surface area contributed by atoms with Crippen molar-refractivity contribution in [2.45, 2.75) is 17.4 Å². The summed E-state index contributed by atoms with van der Waals surface area (Å²) in [5, 5.41) is 9.60. The number of ether oxygens (including phenoxy) is 2. The summed E-state index contributed by atoms with van der Waals surface area (Å²) in [6.07, 6.45) is 0. The Labute approximate surface area is 116 Å². The predicted molar refractivity (Wildman–Crippen MR) is 68.9 cm³/mol. The number of methoxy groups -OCH3 is 2. The number of halogens is 1. The molecule has 0 radical (unpaired) electrons. The van der Waals surface area contributed by atoms with Crippen molar-refractivity contribution in [3.8, 4) is 11.5 Å². The molecule has 1 saturated heterocycles. The molecule has 0 spiro atoms. The first kappa shape index (κ1) is 15.0. The minimum atomic E-state index is -4.00. The van der Waals surface area contributed by atoms with Crippen molar-refractivity contribution in [3.05, 3.63) is 17.9 Å². The summed E-state index contributed by atoms with van der Waals surface area (Å²) < 4.78 is 49.4. The van der Waals surface area contributed by atoms with E-state index in [1.54, 1.807) is 0 Å². The van der Waals surface area contributed by atoms with E-state index in [4.69, 9.17) is 9.47 Å². The van der Waals surface area contributed by atoms with E-state index in [2.05, 4.69) is 0 Å². The third kappa shape index (κ3) is 2.46. The highest BCUT2D eigenvalue weighted by Gasteiger charge is 2.45. The van der Waals surface area contributed by atoms with E-state index in [1.165, 1.54) is 21.1 Å². The van der Waals surface area contributed by atoms with Gasteiger partial charge in [-0.25, -0.2) is 12.8 Å². The molecule has 8 heteroatoms. The van der Waals surface area contributed by atoms with Crippen LogP contribution in [0.4, 0.5) is 4.39 Å². The molecule has 1 aromatic carbocycles. The quantitative estimate of drug-likeness (QED) is 0.881. The van der Waals surface area contributed by atoms with Gasteiger partial charge in [-0.3, -0.25) is 0 Å². The van der Waals surface area contributed by atoms with E-state index < -0.39 is 26.3 Å². The number of β-amino-alcohol motifs (C(OH)–C–C–N with tert-alkyl or cyclic N) is 1. The molecule has 0 bridgehead atoms. The van der Waals surface area contributed by atoms with Gasteiger partial charge in [0, 0.05) is 25.2 Å². The van der Waals surface area contributed by atoms with Crippen LogP contribution in [0.15, 0.2) is 17.0 Å². The van der Waals surface area contributed by atoms with Crippen LogP contribution >= 0.6 is 0 Å². The zero-order valence-electron chi connectivity index (χ0n) is 11.4. The van der Waals surface area contributed by atoms with Gasteiger partial charge in [0.15, 0.2) is 11.5 Å². The topological polar surface area (TPSA) is 76.1 Å². The lowest BCUT2D eigenvalue weighted by molar-refractivity contribution is -0.0427. The summed E-state index contributed by atoms with van der Waals surface area (Å²) in [4.78, 5) is -0.495. The molecule has 0 amide bonds. The van der Waals surface area contributed by atoms with Crippen LogP contribution in [0.3, 0.4) is 0 Å². The fourth-order valence-electron chi connectivity index (χ4n) is 2.06. The Balaban J connectivity index is 2.42. The molecule has 6 nitrogen and oxygen atoms in total. The molecule has 2 rings (SSSR count). The lowest BCUT2D eigenvalue weighted by atomic mass is 10.0. The second-order valence-electron chi connectivity index (χ2n) is 4.91. The first-order valence-electron chi connectivity index (χ1n) is 5.85. The SMILES string of the molecule is COc1cc(F)c(S(=O)(=O)N2CC(C)(O)C2)cc1OC. The number of hydrogen-bond donors (Lipinski definition) is 1.